The van der Waals surface area contributed by atoms with Crippen LogP contribution in [-0.4, -0.2) is 43.6 Å². The highest BCUT2D eigenvalue weighted by molar-refractivity contribution is 6.19. The van der Waals surface area contributed by atoms with Crippen molar-refractivity contribution in [2.45, 2.75) is 0 Å². The standard InChI is InChI=1S/C50H31N3.C46H29N3.C42H27N3/c1-3-13-34-27-38(23-21-32(34)11-1)45-31-46(39-24-22-33-12-2-4-14-35(33)28-39)52-50(51-45)43-25-26-48(41-18-8-7-17-40(41)43)53-47-20-10-9-19-42(47)44-29-36-15-5-6-16-37(36)30-49(44)53;1-2-13-31(14-3-1)41-29-42(35-23-22-30-12-4-5-15-32(30)26-35)48-46(47-41)39-24-25-44(37-19-9-8-18-36(37)39)49-43-21-11-10-20-38(43)40-27-33-16-6-7-17-34(33)28-45(40)49;1-3-13-28(14-4-1)37-27-38(29-15-5-2-6-16-29)44-42(43-37)35-23-24-40(33-20-10-9-19-32(33)35)45-39-22-12-11-21-34(39)36-25-30-17-7-8-18-31(30)26-41(36)45/h1-31H;1-29H;1-27H. The van der Waals surface area contributed by atoms with E-state index < -0.39 is 0 Å². The van der Waals surface area contributed by atoms with Gasteiger partial charge in [-0.1, -0.05) is 400 Å². The van der Waals surface area contributed by atoms with Crippen molar-refractivity contribution < 1.29 is 0 Å². The van der Waals surface area contributed by atoms with Crippen LogP contribution in [0.25, 0.3) is 281 Å². The van der Waals surface area contributed by atoms with Gasteiger partial charge in [0, 0.05) is 98.5 Å². The molecule has 6 aromatic heterocycles. The summed E-state index contributed by atoms with van der Waals surface area (Å²) < 4.78 is 7.26. The Labute approximate surface area is 846 Å². The molecule has 0 radical (unpaired) electrons. The quantitative estimate of drug-likeness (QED) is 0.121. The maximum Gasteiger partial charge on any atom is 0.161 e. The van der Waals surface area contributed by atoms with Crippen LogP contribution in [0, 0.1) is 0 Å². The van der Waals surface area contributed by atoms with Crippen molar-refractivity contribution in [3.05, 3.63) is 528 Å². The van der Waals surface area contributed by atoms with Crippen molar-refractivity contribution in [2.75, 3.05) is 0 Å². The summed E-state index contributed by atoms with van der Waals surface area (Å²) in [6, 6.07) is 188. The van der Waals surface area contributed by atoms with Crippen LogP contribution in [-0.2, 0) is 0 Å². The van der Waals surface area contributed by atoms with Crippen molar-refractivity contribution in [3.63, 3.8) is 0 Å². The van der Waals surface area contributed by atoms with E-state index >= 15 is 0 Å². The lowest BCUT2D eigenvalue weighted by Gasteiger charge is -2.16. The molecule has 0 spiro atoms. The molecule has 0 aliphatic rings. The Balaban J connectivity index is 0.000000107. The van der Waals surface area contributed by atoms with E-state index in [1.165, 1.54) is 130 Å². The molecule has 0 saturated carbocycles. The molecule has 30 rings (SSSR count). The first-order valence-corrected chi connectivity index (χ1v) is 50.0. The Hall–Kier alpha value is -19.7. The molecular formula is C138H87N9. The molecule has 0 bridgehead atoms. The number of nitrogens with zero attached hydrogens (tertiary/aromatic N) is 9. The molecule has 0 N–H and O–H groups in total. The number of hydrogen-bond donors (Lipinski definition) is 0. The lowest BCUT2D eigenvalue weighted by atomic mass is 9.99. The molecule has 684 valence electrons. The number of para-hydroxylation sites is 3. The van der Waals surface area contributed by atoms with E-state index in [0.29, 0.717) is 17.5 Å². The Bertz CT molecular complexity index is 10400. The molecule has 9 heteroatoms. The minimum absolute atomic E-state index is 0.704. The largest absolute Gasteiger partial charge is 0.309 e. The van der Waals surface area contributed by atoms with Gasteiger partial charge in [0.05, 0.1) is 84.3 Å². The van der Waals surface area contributed by atoms with Crippen LogP contribution < -0.4 is 0 Å². The normalized spacial score (nSPS) is 11.7. The van der Waals surface area contributed by atoms with Crippen LogP contribution in [0.1, 0.15) is 0 Å². The number of fused-ring (bicyclic) bond motifs is 18. The second-order valence-electron chi connectivity index (χ2n) is 37.9. The van der Waals surface area contributed by atoms with E-state index in [-0.39, 0.29) is 0 Å². The molecule has 9 nitrogen and oxygen atoms in total. The van der Waals surface area contributed by atoms with Gasteiger partial charge in [-0.3, -0.25) is 0 Å². The van der Waals surface area contributed by atoms with Crippen LogP contribution in [0.4, 0.5) is 0 Å². The lowest BCUT2D eigenvalue weighted by molar-refractivity contribution is 1.18. The van der Waals surface area contributed by atoms with Crippen molar-refractivity contribution >= 4 is 162 Å². The molecule has 0 fully saturated rings. The summed E-state index contributed by atoms with van der Waals surface area (Å²) in [5.74, 6) is 2.13. The van der Waals surface area contributed by atoms with Gasteiger partial charge in [0.2, 0.25) is 0 Å². The Kier molecular flexibility index (Phi) is 20.8. The molecule has 24 aromatic carbocycles. The third kappa shape index (κ3) is 15.2. The van der Waals surface area contributed by atoms with Gasteiger partial charge < -0.3 is 13.7 Å². The van der Waals surface area contributed by atoms with Crippen LogP contribution in [0.2, 0.25) is 0 Å². The minimum atomic E-state index is 0.704. The zero-order chi connectivity index (χ0) is 96.9. The smallest absolute Gasteiger partial charge is 0.161 e. The summed E-state index contributed by atoms with van der Waals surface area (Å²) in [6.07, 6.45) is 0. The second kappa shape index (κ2) is 35.8. The number of aromatic nitrogens is 9. The summed E-state index contributed by atoms with van der Waals surface area (Å²) in [5, 5.41) is 28.9. The number of hydrogen-bond acceptors (Lipinski definition) is 6. The third-order valence-electron chi connectivity index (χ3n) is 29.3. The SMILES string of the molecule is c1ccc(-c2cc(-c3ccc4ccccc4c3)nc(-c3ccc(-n4c5ccccc5c5cc6ccccc6cc54)c4ccccc34)n2)cc1.c1ccc(-c2cc(-c3ccccc3)nc(-c3ccc(-n4c5ccccc5c5cc6ccccc6cc54)c4ccccc34)n2)cc1.c1ccc2cc(-c3cc(-c4ccc5ccccc5c4)nc(-c4ccc(-n5c6ccccc6c6cc7ccccc7cc65)c5ccccc45)n3)ccc2c1. The Morgan fingerprint density at radius 2 is 0.320 bits per heavy atom. The minimum Gasteiger partial charge on any atom is -0.309 e. The fourth-order valence-electron chi connectivity index (χ4n) is 22.2. The average Bonchev–Trinajstić information content (AvgIpc) is 1.59. The van der Waals surface area contributed by atoms with Crippen molar-refractivity contribution in [1.82, 2.24) is 43.6 Å². The zero-order valence-corrected chi connectivity index (χ0v) is 79.8. The van der Waals surface area contributed by atoms with E-state index in [9.17, 15) is 0 Å². The highest BCUT2D eigenvalue weighted by Gasteiger charge is 2.26. The first-order chi connectivity index (χ1) is 72.8. The average molecular weight is 1870 g/mol. The van der Waals surface area contributed by atoms with E-state index in [4.69, 9.17) is 29.9 Å². The molecule has 0 atom stereocenters. The summed E-state index contributed by atoms with van der Waals surface area (Å²) in [7, 11) is 0. The lowest BCUT2D eigenvalue weighted by Crippen LogP contribution is -1.99. The van der Waals surface area contributed by atoms with Crippen molar-refractivity contribution in [2.24, 2.45) is 0 Å². The van der Waals surface area contributed by atoms with E-state index in [1.807, 2.05) is 18.2 Å². The predicted molar refractivity (Wildman–Crippen MR) is 616 cm³/mol. The molecule has 30 aromatic rings. The fourth-order valence-corrected chi connectivity index (χ4v) is 22.2. The first-order valence-electron chi connectivity index (χ1n) is 50.0. The molecular weight excluding hydrogens is 1780 g/mol. The molecule has 0 aliphatic heterocycles. The van der Waals surface area contributed by atoms with Crippen LogP contribution in [0.3, 0.4) is 0 Å². The molecule has 0 unspecified atom stereocenters. The molecule has 147 heavy (non-hydrogen) atoms. The van der Waals surface area contributed by atoms with Gasteiger partial charge in [0.25, 0.3) is 0 Å². The fraction of sp³-hybridized carbons (Fsp3) is 0. The Morgan fingerprint density at radius 3 is 0.585 bits per heavy atom. The summed E-state index contributed by atoms with van der Waals surface area (Å²) in [4.78, 5) is 31.5. The first kappa shape index (κ1) is 85.3. The maximum atomic E-state index is 5.33. The van der Waals surface area contributed by atoms with Gasteiger partial charge >= 0.3 is 0 Å². The topological polar surface area (TPSA) is 92.1 Å². The van der Waals surface area contributed by atoms with E-state index in [2.05, 4.69) is 523 Å². The maximum absolute atomic E-state index is 5.33. The highest BCUT2D eigenvalue weighted by Crippen LogP contribution is 2.47. The van der Waals surface area contributed by atoms with Gasteiger partial charge in [0.1, 0.15) is 0 Å². The van der Waals surface area contributed by atoms with Gasteiger partial charge in [-0.25, -0.2) is 29.9 Å². The predicted octanol–water partition coefficient (Wildman–Crippen LogP) is 36.1. The van der Waals surface area contributed by atoms with Crippen molar-refractivity contribution in [1.29, 1.82) is 0 Å². The van der Waals surface area contributed by atoms with Crippen molar-refractivity contribution in [3.8, 4) is 119 Å². The second-order valence-corrected chi connectivity index (χ2v) is 37.9. The number of rotatable bonds is 12. The molecule has 0 aliphatic carbocycles. The molecule has 0 saturated heterocycles. The number of benzene rings is 24. The van der Waals surface area contributed by atoms with E-state index in [1.54, 1.807) is 0 Å². The zero-order valence-electron chi connectivity index (χ0n) is 79.8. The summed E-state index contributed by atoms with van der Waals surface area (Å²) >= 11 is 0. The van der Waals surface area contributed by atoms with Gasteiger partial charge in [0.15, 0.2) is 17.5 Å². The highest BCUT2D eigenvalue weighted by atomic mass is 15.0. The molecule has 6 heterocycles. The van der Waals surface area contributed by atoms with Gasteiger partial charge in [-0.2, -0.15) is 0 Å². The third-order valence-corrected chi connectivity index (χ3v) is 29.3. The van der Waals surface area contributed by atoms with Crippen LogP contribution in [0.15, 0.2) is 528 Å². The van der Waals surface area contributed by atoms with Gasteiger partial charge in [-0.15, -0.1) is 0 Å². The monoisotopic (exact) mass is 1870 g/mol. The van der Waals surface area contributed by atoms with Crippen LogP contribution >= 0.6 is 0 Å². The summed E-state index contributed by atoms with van der Waals surface area (Å²) in [5.41, 5.74) is 25.3. The molecule has 0 amide bonds. The summed E-state index contributed by atoms with van der Waals surface area (Å²) in [6.45, 7) is 0. The van der Waals surface area contributed by atoms with Gasteiger partial charge in [-0.05, 0) is 208 Å². The van der Waals surface area contributed by atoms with Crippen LogP contribution in [0.5, 0.6) is 0 Å². The Morgan fingerprint density at radius 1 is 0.116 bits per heavy atom. The van der Waals surface area contributed by atoms with E-state index in [0.717, 1.165) is 134 Å².